The van der Waals surface area contributed by atoms with Crippen molar-refractivity contribution in [3.05, 3.63) is 48.7 Å². The molecule has 132 valence electrons. The zero-order chi connectivity index (χ0) is 17.5. The number of carbonyl (C=O) groups is 1. The molecule has 0 atom stereocenters. The minimum atomic E-state index is 0.232. The fourth-order valence-corrected chi connectivity index (χ4v) is 3.72. The van der Waals surface area contributed by atoms with Gasteiger partial charge in [0.1, 0.15) is 11.6 Å². The van der Waals surface area contributed by atoms with E-state index in [1.165, 1.54) is 0 Å². The summed E-state index contributed by atoms with van der Waals surface area (Å²) in [5, 5.41) is 0. The number of thioether (sulfide) groups is 1. The number of hydrogen-bond donors (Lipinski definition) is 0. The van der Waals surface area contributed by atoms with Gasteiger partial charge in [-0.3, -0.25) is 4.79 Å². The first kappa shape index (κ1) is 17.6. The molecule has 0 bridgehead atoms. The zero-order valence-corrected chi connectivity index (χ0v) is 15.2. The first-order valence-electron chi connectivity index (χ1n) is 8.47. The first-order chi connectivity index (χ1) is 12.3. The number of hydrogen-bond acceptors (Lipinski definition) is 5. The van der Waals surface area contributed by atoms with Crippen LogP contribution in [0.15, 0.2) is 53.6 Å². The van der Waals surface area contributed by atoms with E-state index in [9.17, 15) is 4.79 Å². The summed E-state index contributed by atoms with van der Waals surface area (Å²) >= 11 is 1.69. The highest BCUT2D eigenvalue weighted by Crippen LogP contribution is 2.23. The summed E-state index contributed by atoms with van der Waals surface area (Å²) < 4.78 is 5.23. The molecule has 0 radical (unpaired) electrons. The highest BCUT2D eigenvalue weighted by atomic mass is 32.2. The smallest absolute Gasteiger partial charge is 0.223 e. The van der Waals surface area contributed by atoms with Gasteiger partial charge < -0.3 is 14.5 Å². The molecule has 1 aromatic carbocycles. The van der Waals surface area contributed by atoms with Gasteiger partial charge in [-0.1, -0.05) is 12.1 Å². The van der Waals surface area contributed by atoms with Gasteiger partial charge in [-0.05, 0) is 30.3 Å². The standard InChI is InChI=1S/C19H23N3O2S/c1-24-16-5-4-6-17(15-16)25-14-8-19(23)22-12-10-21(11-13-22)18-7-2-3-9-20-18/h2-7,9,15H,8,10-14H2,1H3. The monoisotopic (exact) mass is 357 g/mol. The maximum absolute atomic E-state index is 12.4. The molecule has 1 aromatic heterocycles. The number of nitrogens with zero attached hydrogens (tertiary/aromatic N) is 3. The van der Waals surface area contributed by atoms with Crippen LogP contribution in [-0.2, 0) is 4.79 Å². The summed E-state index contributed by atoms with van der Waals surface area (Å²) in [5.41, 5.74) is 0. The van der Waals surface area contributed by atoms with E-state index in [1.54, 1.807) is 18.9 Å². The minimum Gasteiger partial charge on any atom is -0.497 e. The van der Waals surface area contributed by atoms with Crippen molar-refractivity contribution in [2.45, 2.75) is 11.3 Å². The number of benzene rings is 1. The molecule has 1 aliphatic rings. The van der Waals surface area contributed by atoms with E-state index >= 15 is 0 Å². The fourth-order valence-electron chi connectivity index (χ4n) is 2.83. The summed E-state index contributed by atoms with van der Waals surface area (Å²) in [6, 6.07) is 13.9. The van der Waals surface area contributed by atoms with Gasteiger partial charge in [0.05, 0.1) is 7.11 Å². The van der Waals surface area contributed by atoms with Crippen LogP contribution in [0.1, 0.15) is 6.42 Å². The van der Waals surface area contributed by atoms with Crippen molar-refractivity contribution in [3.8, 4) is 5.75 Å². The number of pyridine rings is 1. The van der Waals surface area contributed by atoms with Crippen molar-refractivity contribution < 1.29 is 9.53 Å². The largest absolute Gasteiger partial charge is 0.497 e. The van der Waals surface area contributed by atoms with Crippen LogP contribution in [0.3, 0.4) is 0 Å². The molecule has 0 N–H and O–H groups in total. The van der Waals surface area contributed by atoms with Crippen molar-refractivity contribution in [2.24, 2.45) is 0 Å². The Hall–Kier alpha value is -2.21. The third kappa shape index (κ3) is 4.89. The third-order valence-electron chi connectivity index (χ3n) is 4.23. The lowest BCUT2D eigenvalue weighted by Gasteiger charge is -2.35. The highest BCUT2D eigenvalue weighted by molar-refractivity contribution is 7.99. The molecule has 0 unspecified atom stereocenters. The number of amides is 1. The van der Waals surface area contributed by atoms with E-state index in [2.05, 4.69) is 9.88 Å². The Morgan fingerprint density at radius 3 is 2.72 bits per heavy atom. The molecule has 0 aliphatic carbocycles. The quantitative estimate of drug-likeness (QED) is 0.744. The second-order valence-electron chi connectivity index (χ2n) is 5.83. The summed E-state index contributed by atoms with van der Waals surface area (Å²) in [6.07, 6.45) is 2.37. The van der Waals surface area contributed by atoms with Crippen LogP contribution >= 0.6 is 11.8 Å². The summed E-state index contributed by atoms with van der Waals surface area (Å²) in [7, 11) is 1.66. The van der Waals surface area contributed by atoms with E-state index < -0.39 is 0 Å². The molecule has 6 heteroatoms. The minimum absolute atomic E-state index is 0.232. The molecule has 2 aromatic rings. The van der Waals surface area contributed by atoms with Crippen molar-refractivity contribution in [3.63, 3.8) is 0 Å². The van der Waals surface area contributed by atoms with Crippen molar-refractivity contribution >= 4 is 23.5 Å². The number of anilines is 1. The van der Waals surface area contributed by atoms with Gasteiger partial charge >= 0.3 is 0 Å². The molecule has 0 saturated carbocycles. The van der Waals surface area contributed by atoms with E-state index in [-0.39, 0.29) is 5.91 Å². The van der Waals surface area contributed by atoms with Crippen LogP contribution in [0.25, 0.3) is 0 Å². The lowest BCUT2D eigenvalue weighted by Crippen LogP contribution is -2.49. The second kappa shape index (κ2) is 8.76. The second-order valence-corrected chi connectivity index (χ2v) is 7.00. The van der Waals surface area contributed by atoms with Crippen molar-refractivity contribution in [2.75, 3.05) is 43.9 Å². The molecule has 0 spiro atoms. The van der Waals surface area contributed by atoms with Crippen molar-refractivity contribution in [1.82, 2.24) is 9.88 Å². The van der Waals surface area contributed by atoms with Gasteiger partial charge in [-0.15, -0.1) is 11.8 Å². The number of rotatable bonds is 6. The molecular formula is C19H23N3O2S. The number of aromatic nitrogens is 1. The fraction of sp³-hybridized carbons (Fsp3) is 0.368. The topological polar surface area (TPSA) is 45.7 Å². The van der Waals surface area contributed by atoms with Gasteiger partial charge in [0.2, 0.25) is 5.91 Å². The number of ether oxygens (including phenoxy) is 1. The SMILES string of the molecule is COc1cccc(SCCC(=O)N2CCN(c3ccccn3)CC2)c1. The molecule has 1 fully saturated rings. The normalized spacial score (nSPS) is 14.4. The molecule has 25 heavy (non-hydrogen) atoms. The van der Waals surface area contributed by atoms with Gasteiger partial charge in [0.25, 0.3) is 0 Å². The summed E-state index contributed by atoms with van der Waals surface area (Å²) in [4.78, 5) is 22.1. The van der Waals surface area contributed by atoms with E-state index in [0.29, 0.717) is 6.42 Å². The average molecular weight is 357 g/mol. The van der Waals surface area contributed by atoms with Gasteiger partial charge in [-0.2, -0.15) is 0 Å². The predicted molar refractivity (Wildman–Crippen MR) is 101 cm³/mol. The molecular weight excluding hydrogens is 334 g/mol. The number of piperazine rings is 1. The summed E-state index contributed by atoms with van der Waals surface area (Å²) in [6.45, 7) is 3.20. The number of carbonyl (C=O) groups excluding carboxylic acids is 1. The van der Waals surface area contributed by atoms with E-state index in [4.69, 9.17) is 4.74 Å². The molecule has 3 rings (SSSR count). The molecule has 1 aliphatic heterocycles. The Balaban J connectivity index is 1.42. The van der Waals surface area contributed by atoms with Gasteiger partial charge in [-0.25, -0.2) is 4.98 Å². The van der Waals surface area contributed by atoms with Crippen molar-refractivity contribution in [1.29, 1.82) is 0 Å². The molecule has 5 nitrogen and oxygen atoms in total. The van der Waals surface area contributed by atoms with Crippen LogP contribution in [-0.4, -0.2) is 54.8 Å². The lowest BCUT2D eigenvalue weighted by atomic mass is 10.3. The van der Waals surface area contributed by atoms with Crippen LogP contribution in [0.5, 0.6) is 5.75 Å². The molecule has 1 saturated heterocycles. The third-order valence-corrected chi connectivity index (χ3v) is 5.23. The average Bonchev–Trinajstić information content (AvgIpc) is 2.69. The Morgan fingerprint density at radius 2 is 2.00 bits per heavy atom. The van der Waals surface area contributed by atoms with Crippen LogP contribution in [0.4, 0.5) is 5.82 Å². The Labute approximate surface area is 153 Å². The maximum Gasteiger partial charge on any atom is 0.223 e. The van der Waals surface area contributed by atoms with Crippen LogP contribution in [0.2, 0.25) is 0 Å². The van der Waals surface area contributed by atoms with Crippen LogP contribution in [0, 0.1) is 0 Å². The molecule has 2 heterocycles. The van der Waals surface area contributed by atoms with E-state index in [0.717, 1.165) is 48.4 Å². The Kier molecular flexibility index (Phi) is 6.17. The predicted octanol–water partition coefficient (Wildman–Crippen LogP) is 2.92. The summed E-state index contributed by atoms with van der Waals surface area (Å²) in [5.74, 6) is 2.85. The number of methoxy groups -OCH3 is 1. The molecule has 1 amide bonds. The maximum atomic E-state index is 12.4. The van der Waals surface area contributed by atoms with E-state index in [1.807, 2.05) is 53.6 Å². The van der Waals surface area contributed by atoms with Gasteiger partial charge in [0, 0.05) is 49.4 Å². The first-order valence-corrected chi connectivity index (χ1v) is 9.45. The zero-order valence-electron chi connectivity index (χ0n) is 14.4. The highest BCUT2D eigenvalue weighted by Gasteiger charge is 2.21. The van der Waals surface area contributed by atoms with Crippen LogP contribution < -0.4 is 9.64 Å². The Bertz CT molecular complexity index is 688. The Morgan fingerprint density at radius 1 is 1.16 bits per heavy atom. The lowest BCUT2D eigenvalue weighted by molar-refractivity contribution is -0.131. The van der Waals surface area contributed by atoms with Gasteiger partial charge in [0.15, 0.2) is 0 Å².